The first-order valence-corrected chi connectivity index (χ1v) is 10.3. The summed E-state index contributed by atoms with van der Waals surface area (Å²) in [4.78, 5) is 15.1. The molecule has 0 saturated carbocycles. The highest BCUT2D eigenvalue weighted by atomic mass is 32.2. The van der Waals surface area contributed by atoms with Crippen LogP contribution in [0, 0.1) is 0 Å². The van der Waals surface area contributed by atoms with E-state index in [1.165, 1.54) is 0 Å². The van der Waals surface area contributed by atoms with E-state index >= 15 is 0 Å². The highest BCUT2D eigenvalue weighted by Gasteiger charge is 2.33. The standard InChI is InChI=1S/C23H18O5S/c1-2-27-18-8-3-15-13-22(23(26)28-21(15)14-18)29(19-9-4-16(24)5-10-19)20-11-6-17(25)7-12-20/h3-14H,2H2,1H3,(H-,24,25)/p+1. The molecule has 29 heavy (non-hydrogen) atoms. The Kier molecular flexibility index (Phi) is 5.18. The van der Waals surface area contributed by atoms with E-state index < -0.39 is 16.5 Å². The molecule has 1 aromatic heterocycles. The maximum Gasteiger partial charge on any atom is 0.393 e. The Balaban J connectivity index is 1.89. The van der Waals surface area contributed by atoms with Gasteiger partial charge in [0.2, 0.25) is 0 Å². The number of ether oxygens (including phenoxy) is 1. The highest BCUT2D eigenvalue weighted by molar-refractivity contribution is 7.97. The quantitative estimate of drug-likeness (QED) is 0.370. The van der Waals surface area contributed by atoms with Crippen molar-refractivity contribution in [3.63, 3.8) is 0 Å². The van der Waals surface area contributed by atoms with Crippen LogP contribution in [-0.4, -0.2) is 16.8 Å². The van der Waals surface area contributed by atoms with E-state index in [9.17, 15) is 15.0 Å². The second-order valence-corrected chi connectivity index (χ2v) is 8.32. The summed E-state index contributed by atoms with van der Waals surface area (Å²) in [5, 5.41) is 20.1. The summed E-state index contributed by atoms with van der Waals surface area (Å²) in [5.74, 6) is 0.945. The van der Waals surface area contributed by atoms with Gasteiger partial charge in [-0.05, 0) is 67.6 Å². The van der Waals surface area contributed by atoms with E-state index in [0.717, 1.165) is 15.2 Å². The van der Waals surface area contributed by atoms with E-state index in [1.54, 1.807) is 54.6 Å². The van der Waals surface area contributed by atoms with E-state index in [4.69, 9.17) is 9.15 Å². The number of phenols is 2. The van der Waals surface area contributed by atoms with Crippen molar-refractivity contribution in [2.75, 3.05) is 6.61 Å². The van der Waals surface area contributed by atoms with Gasteiger partial charge in [0.15, 0.2) is 9.79 Å². The largest absolute Gasteiger partial charge is 0.508 e. The minimum Gasteiger partial charge on any atom is -0.508 e. The van der Waals surface area contributed by atoms with Crippen LogP contribution in [0.5, 0.6) is 17.2 Å². The lowest BCUT2D eigenvalue weighted by atomic mass is 10.2. The van der Waals surface area contributed by atoms with Gasteiger partial charge in [0.1, 0.15) is 33.7 Å². The normalized spacial score (nSPS) is 11.1. The van der Waals surface area contributed by atoms with Gasteiger partial charge in [-0.2, -0.15) is 0 Å². The molecule has 0 fully saturated rings. The van der Waals surface area contributed by atoms with Crippen LogP contribution in [0.15, 0.2) is 96.7 Å². The number of aromatic hydroxyl groups is 2. The fourth-order valence-corrected chi connectivity index (χ4v) is 5.08. The van der Waals surface area contributed by atoms with Gasteiger partial charge >= 0.3 is 5.63 Å². The van der Waals surface area contributed by atoms with Gasteiger partial charge in [0.25, 0.3) is 4.90 Å². The minimum absolute atomic E-state index is 0.150. The molecule has 0 saturated heterocycles. The molecule has 0 aliphatic heterocycles. The van der Waals surface area contributed by atoms with Crippen LogP contribution < -0.4 is 10.4 Å². The Morgan fingerprint density at radius 2 is 1.45 bits per heavy atom. The molecule has 3 aromatic carbocycles. The Hall–Kier alpha value is -3.38. The van der Waals surface area contributed by atoms with E-state index in [2.05, 4.69) is 0 Å². The predicted molar refractivity (Wildman–Crippen MR) is 112 cm³/mol. The zero-order valence-electron chi connectivity index (χ0n) is 15.7. The molecule has 1 heterocycles. The number of rotatable bonds is 5. The summed E-state index contributed by atoms with van der Waals surface area (Å²) in [5.41, 5.74) is 0.0281. The molecule has 0 aliphatic rings. The first-order valence-electron chi connectivity index (χ1n) is 9.08. The number of hydrogen-bond acceptors (Lipinski definition) is 5. The van der Waals surface area contributed by atoms with Gasteiger partial charge in [-0.3, -0.25) is 0 Å². The van der Waals surface area contributed by atoms with Gasteiger partial charge in [-0.1, -0.05) is 0 Å². The van der Waals surface area contributed by atoms with Crippen LogP contribution >= 0.6 is 0 Å². The lowest BCUT2D eigenvalue weighted by Crippen LogP contribution is -2.15. The second kappa shape index (κ2) is 7.93. The zero-order valence-corrected chi connectivity index (χ0v) is 16.5. The molecule has 146 valence electrons. The second-order valence-electron chi connectivity index (χ2n) is 6.32. The zero-order chi connectivity index (χ0) is 20.4. The molecule has 6 heteroatoms. The maximum atomic E-state index is 12.9. The SMILES string of the molecule is CCOc1ccc2cc([S+](c3ccc(O)cc3)c3ccc(O)cc3)c(=O)oc2c1. The molecule has 4 rings (SSSR count). The topological polar surface area (TPSA) is 79.9 Å². The first-order chi connectivity index (χ1) is 14.0. The molecule has 0 aliphatic carbocycles. The van der Waals surface area contributed by atoms with E-state index in [-0.39, 0.29) is 11.5 Å². The summed E-state index contributed by atoms with van der Waals surface area (Å²) in [6.45, 7) is 2.42. The van der Waals surface area contributed by atoms with Crippen molar-refractivity contribution in [1.82, 2.24) is 0 Å². The van der Waals surface area contributed by atoms with E-state index in [0.29, 0.717) is 22.8 Å². The lowest BCUT2D eigenvalue weighted by Gasteiger charge is -2.09. The first kappa shape index (κ1) is 19.0. The minimum atomic E-state index is -0.767. The average molecular weight is 407 g/mol. The number of phenolic OH excluding ortho intramolecular Hbond substituents is 2. The summed E-state index contributed by atoms with van der Waals surface area (Å²) in [6, 6.07) is 20.7. The molecule has 0 spiro atoms. The van der Waals surface area contributed by atoms with Crippen molar-refractivity contribution in [1.29, 1.82) is 0 Å². The molecule has 0 unspecified atom stereocenters. The summed E-state index contributed by atoms with van der Waals surface area (Å²) in [7, 11) is -0.767. The highest BCUT2D eigenvalue weighted by Crippen LogP contribution is 2.33. The molecular formula is C23H19O5S+. The maximum absolute atomic E-state index is 12.9. The van der Waals surface area contributed by atoms with Crippen molar-refractivity contribution in [2.45, 2.75) is 21.6 Å². The molecule has 4 aromatic rings. The number of hydrogen-bond donors (Lipinski definition) is 2. The Morgan fingerprint density at radius 1 is 0.862 bits per heavy atom. The van der Waals surface area contributed by atoms with E-state index in [1.807, 2.05) is 25.1 Å². The Bertz CT molecular complexity index is 1150. The number of benzene rings is 3. The third kappa shape index (κ3) is 3.93. The molecule has 2 N–H and O–H groups in total. The van der Waals surface area contributed by atoms with Crippen molar-refractivity contribution in [3.8, 4) is 17.2 Å². The fraction of sp³-hybridized carbons (Fsp3) is 0.0870. The van der Waals surface area contributed by atoms with Crippen LogP contribution in [0.3, 0.4) is 0 Å². The summed E-state index contributed by atoms with van der Waals surface area (Å²) < 4.78 is 11.1. The average Bonchev–Trinajstić information content (AvgIpc) is 2.71. The molecule has 0 bridgehead atoms. The van der Waals surface area contributed by atoms with Gasteiger partial charge in [-0.25, -0.2) is 4.79 Å². The van der Waals surface area contributed by atoms with Gasteiger partial charge in [0, 0.05) is 17.5 Å². The van der Waals surface area contributed by atoms with Gasteiger partial charge < -0.3 is 19.4 Å². The number of fused-ring (bicyclic) bond motifs is 1. The summed E-state index contributed by atoms with van der Waals surface area (Å²) >= 11 is 0. The van der Waals surface area contributed by atoms with Gasteiger partial charge in [-0.15, -0.1) is 0 Å². The molecular weight excluding hydrogens is 388 g/mol. The molecule has 0 atom stereocenters. The van der Waals surface area contributed by atoms with Crippen LogP contribution in [-0.2, 0) is 10.9 Å². The Labute approximate surface area is 170 Å². The summed E-state index contributed by atoms with van der Waals surface area (Å²) in [6.07, 6.45) is 0. The monoisotopic (exact) mass is 407 g/mol. The molecule has 0 radical (unpaired) electrons. The van der Waals surface area contributed by atoms with Crippen LogP contribution in [0.25, 0.3) is 11.0 Å². The van der Waals surface area contributed by atoms with Crippen molar-refractivity contribution in [3.05, 3.63) is 83.2 Å². The van der Waals surface area contributed by atoms with Crippen molar-refractivity contribution < 1.29 is 19.4 Å². The van der Waals surface area contributed by atoms with Crippen LogP contribution in [0.4, 0.5) is 0 Å². The van der Waals surface area contributed by atoms with Crippen molar-refractivity contribution in [2.24, 2.45) is 0 Å². The van der Waals surface area contributed by atoms with Crippen LogP contribution in [0.1, 0.15) is 6.92 Å². The van der Waals surface area contributed by atoms with Crippen LogP contribution in [0.2, 0.25) is 0 Å². The van der Waals surface area contributed by atoms with Gasteiger partial charge in [0.05, 0.1) is 6.61 Å². The lowest BCUT2D eigenvalue weighted by molar-refractivity contribution is 0.340. The third-order valence-electron chi connectivity index (χ3n) is 4.35. The Morgan fingerprint density at radius 3 is 2.00 bits per heavy atom. The molecule has 5 nitrogen and oxygen atoms in total. The molecule has 0 amide bonds. The fourth-order valence-electron chi connectivity index (χ4n) is 3.03. The predicted octanol–water partition coefficient (Wildman–Crippen LogP) is 4.70. The smallest absolute Gasteiger partial charge is 0.393 e. The third-order valence-corrected chi connectivity index (χ3v) is 6.56. The van der Waals surface area contributed by atoms with Crippen molar-refractivity contribution >= 4 is 21.9 Å².